The zero-order valence-corrected chi connectivity index (χ0v) is 11.5. The third kappa shape index (κ3) is 6.95. The highest BCUT2D eigenvalue weighted by molar-refractivity contribution is 4.69. The standard InChI is InChI=1S/C12H29N5/c1-15(6-3-13)9-10-16(2)11-12-17-7-4-14-5-8-17/h14H,3-13H2,1-2H3. The minimum atomic E-state index is 0.751. The van der Waals surface area contributed by atoms with Gasteiger partial charge in [-0.05, 0) is 14.1 Å². The van der Waals surface area contributed by atoms with E-state index in [4.69, 9.17) is 5.73 Å². The van der Waals surface area contributed by atoms with Gasteiger partial charge in [0, 0.05) is 65.4 Å². The van der Waals surface area contributed by atoms with Crippen molar-refractivity contribution >= 4 is 0 Å². The van der Waals surface area contributed by atoms with Crippen molar-refractivity contribution in [1.29, 1.82) is 0 Å². The van der Waals surface area contributed by atoms with Crippen LogP contribution in [0.4, 0.5) is 0 Å². The molecule has 0 aliphatic carbocycles. The smallest absolute Gasteiger partial charge is 0.0110 e. The van der Waals surface area contributed by atoms with Gasteiger partial charge in [-0.15, -0.1) is 0 Å². The fraction of sp³-hybridized carbons (Fsp3) is 1.00. The van der Waals surface area contributed by atoms with Gasteiger partial charge in [0.05, 0.1) is 0 Å². The van der Waals surface area contributed by atoms with Crippen LogP contribution >= 0.6 is 0 Å². The van der Waals surface area contributed by atoms with Gasteiger partial charge >= 0.3 is 0 Å². The number of hydrogen-bond acceptors (Lipinski definition) is 5. The van der Waals surface area contributed by atoms with Crippen LogP contribution in [0.15, 0.2) is 0 Å². The largest absolute Gasteiger partial charge is 0.329 e. The van der Waals surface area contributed by atoms with Gasteiger partial charge in [-0.1, -0.05) is 0 Å². The molecule has 5 heteroatoms. The summed E-state index contributed by atoms with van der Waals surface area (Å²) in [5, 5.41) is 3.38. The van der Waals surface area contributed by atoms with Crippen LogP contribution in [0.5, 0.6) is 0 Å². The number of hydrogen-bond donors (Lipinski definition) is 2. The van der Waals surface area contributed by atoms with Crippen molar-refractivity contribution in [3.63, 3.8) is 0 Å². The predicted octanol–water partition coefficient (Wildman–Crippen LogP) is -1.29. The molecule has 0 atom stereocenters. The summed E-state index contributed by atoms with van der Waals surface area (Å²) in [6, 6.07) is 0. The van der Waals surface area contributed by atoms with Crippen molar-refractivity contribution in [2.45, 2.75) is 0 Å². The Kier molecular flexibility index (Phi) is 7.72. The molecule has 17 heavy (non-hydrogen) atoms. The van der Waals surface area contributed by atoms with Crippen molar-refractivity contribution in [3.05, 3.63) is 0 Å². The summed E-state index contributed by atoms with van der Waals surface area (Å²) in [4.78, 5) is 7.24. The van der Waals surface area contributed by atoms with Gasteiger partial charge in [0.2, 0.25) is 0 Å². The number of likely N-dealkylation sites (N-methyl/N-ethyl adjacent to an activating group) is 2. The molecule has 0 aromatic heterocycles. The Labute approximate surface area is 106 Å². The first-order chi connectivity index (χ1) is 8.22. The average Bonchev–Trinajstić information content (AvgIpc) is 2.35. The highest BCUT2D eigenvalue weighted by atomic mass is 15.2. The maximum absolute atomic E-state index is 5.52. The minimum absolute atomic E-state index is 0.751. The van der Waals surface area contributed by atoms with E-state index in [0.717, 1.165) is 45.8 Å². The lowest BCUT2D eigenvalue weighted by Gasteiger charge is -2.29. The van der Waals surface area contributed by atoms with Crippen LogP contribution in [0.2, 0.25) is 0 Å². The summed E-state index contributed by atoms with van der Waals surface area (Å²) in [6.45, 7) is 11.0. The Morgan fingerprint density at radius 3 is 2.18 bits per heavy atom. The predicted molar refractivity (Wildman–Crippen MR) is 73.4 cm³/mol. The molecule has 5 nitrogen and oxygen atoms in total. The fourth-order valence-corrected chi connectivity index (χ4v) is 2.03. The maximum atomic E-state index is 5.52. The van der Waals surface area contributed by atoms with Crippen LogP contribution < -0.4 is 11.1 Å². The Balaban J connectivity index is 2.01. The highest BCUT2D eigenvalue weighted by Gasteiger charge is 2.10. The molecule has 1 heterocycles. The van der Waals surface area contributed by atoms with Gasteiger partial charge in [-0.25, -0.2) is 0 Å². The molecule has 1 aliphatic rings. The molecule has 1 rings (SSSR count). The van der Waals surface area contributed by atoms with Crippen LogP contribution in [-0.2, 0) is 0 Å². The van der Waals surface area contributed by atoms with Gasteiger partial charge < -0.3 is 20.9 Å². The molecule has 1 aliphatic heterocycles. The lowest BCUT2D eigenvalue weighted by atomic mass is 10.3. The summed E-state index contributed by atoms with van der Waals surface area (Å²) in [7, 11) is 4.34. The first-order valence-electron chi connectivity index (χ1n) is 6.72. The second-order valence-corrected chi connectivity index (χ2v) is 4.99. The zero-order valence-electron chi connectivity index (χ0n) is 11.5. The number of nitrogens with one attached hydrogen (secondary N) is 1. The van der Waals surface area contributed by atoms with Crippen molar-refractivity contribution in [2.24, 2.45) is 5.73 Å². The second kappa shape index (κ2) is 8.83. The van der Waals surface area contributed by atoms with Gasteiger partial charge in [-0.3, -0.25) is 4.90 Å². The lowest BCUT2D eigenvalue weighted by Crippen LogP contribution is -2.46. The monoisotopic (exact) mass is 243 g/mol. The molecule has 0 aromatic carbocycles. The molecule has 0 bridgehead atoms. The fourth-order valence-electron chi connectivity index (χ4n) is 2.03. The van der Waals surface area contributed by atoms with Gasteiger partial charge in [0.25, 0.3) is 0 Å². The topological polar surface area (TPSA) is 47.8 Å². The Hall–Kier alpha value is -0.200. The molecule has 0 amide bonds. The number of rotatable bonds is 8. The average molecular weight is 243 g/mol. The summed E-state index contributed by atoms with van der Waals surface area (Å²) < 4.78 is 0. The van der Waals surface area contributed by atoms with Gasteiger partial charge in [0.1, 0.15) is 0 Å². The van der Waals surface area contributed by atoms with E-state index in [1.807, 2.05) is 0 Å². The van der Waals surface area contributed by atoms with Crippen LogP contribution in [-0.4, -0.2) is 94.2 Å². The van der Waals surface area contributed by atoms with Gasteiger partial charge in [-0.2, -0.15) is 0 Å². The van der Waals surface area contributed by atoms with Crippen molar-refractivity contribution < 1.29 is 0 Å². The van der Waals surface area contributed by atoms with Crippen molar-refractivity contribution in [1.82, 2.24) is 20.0 Å². The lowest BCUT2D eigenvalue weighted by molar-refractivity contribution is 0.194. The normalized spacial score (nSPS) is 18.2. The molecule has 1 saturated heterocycles. The van der Waals surface area contributed by atoms with Crippen LogP contribution in [0, 0.1) is 0 Å². The molecule has 1 fully saturated rings. The number of nitrogens with zero attached hydrogens (tertiary/aromatic N) is 3. The zero-order chi connectivity index (χ0) is 12.5. The molecule has 102 valence electrons. The molecule has 0 aromatic rings. The van der Waals surface area contributed by atoms with E-state index in [0.29, 0.717) is 0 Å². The van der Waals surface area contributed by atoms with E-state index in [-0.39, 0.29) is 0 Å². The Morgan fingerprint density at radius 1 is 1.00 bits per heavy atom. The second-order valence-electron chi connectivity index (χ2n) is 4.99. The molecule has 0 spiro atoms. The summed E-state index contributed by atoms with van der Waals surface area (Å²) in [6.07, 6.45) is 0. The van der Waals surface area contributed by atoms with E-state index in [1.165, 1.54) is 19.6 Å². The molecule has 3 N–H and O–H groups in total. The van der Waals surface area contributed by atoms with Crippen molar-refractivity contribution in [2.75, 3.05) is 79.5 Å². The van der Waals surface area contributed by atoms with E-state index in [1.54, 1.807) is 0 Å². The number of piperazine rings is 1. The minimum Gasteiger partial charge on any atom is -0.329 e. The molecule has 0 radical (unpaired) electrons. The first kappa shape index (κ1) is 14.9. The third-order valence-corrected chi connectivity index (χ3v) is 3.38. The first-order valence-corrected chi connectivity index (χ1v) is 6.72. The van der Waals surface area contributed by atoms with E-state index in [9.17, 15) is 0 Å². The van der Waals surface area contributed by atoms with Crippen LogP contribution in [0.25, 0.3) is 0 Å². The third-order valence-electron chi connectivity index (χ3n) is 3.38. The highest BCUT2D eigenvalue weighted by Crippen LogP contribution is 1.93. The summed E-state index contributed by atoms with van der Waals surface area (Å²) >= 11 is 0. The molecule has 0 unspecified atom stereocenters. The number of nitrogens with two attached hydrogens (primary N) is 1. The van der Waals surface area contributed by atoms with E-state index in [2.05, 4.69) is 34.1 Å². The Morgan fingerprint density at radius 2 is 1.59 bits per heavy atom. The van der Waals surface area contributed by atoms with E-state index >= 15 is 0 Å². The maximum Gasteiger partial charge on any atom is 0.0110 e. The van der Waals surface area contributed by atoms with Crippen molar-refractivity contribution in [3.8, 4) is 0 Å². The quantitative estimate of drug-likeness (QED) is 0.556. The molecule has 0 saturated carbocycles. The summed E-state index contributed by atoms with van der Waals surface area (Å²) in [5.41, 5.74) is 5.52. The molecular weight excluding hydrogens is 214 g/mol. The van der Waals surface area contributed by atoms with E-state index < -0.39 is 0 Å². The Bertz CT molecular complexity index is 182. The van der Waals surface area contributed by atoms with Crippen LogP contribution in [0.3, 0.4) is 0 Å². The SMILES string of the molecule is CN(CCN)CCN(C)CCN1CCNCC1. The van der Waals surface area contributed by atoms with Gasteiger partial charge in [0.15, 0.2) is 0 Å². The van der Waals surface area contributed by atoms with Crippen LogP contribution in [0.1, 0.15) is 0 Å². The molecular formula is C12H29N5. The summed E-state index contributed by atoms with van der Waals surface area (Å²) in [5.74, 6) is 0.